The molecule has 5 heteroatoms. The van der Waals surface area contributed by atoms with Gasteiger partial charge in [0, 0.05) is 30.2 Å². The van der Waals surface area contributed by atoms with Crippen LogP contribution in [0.15, 0.2) is 29.2 Å². The van der Waals surface area contributed by atoms with Gasteiger partial charge in [-0.2, -0.15) is 0 Å². The first-order valence-electron chi connectivity index (χ1n) is 6.48. The molecule has 0 aromatic carbocycles. The van der Waals surface area contributed by atoms with Crippen molar-refractivity contribution in [1.29, 1.82) is 0 Å². The van der Waals surface area contributed by atoms with Gasteiger partial charge in [-0.05, 0) is 19.5 Å². The van der Waals surface area contributed by atoms with E-state index >= 15 is 0 Å². The van der Waals surface area contributed by atoms with Crippen LogP contribution in [0.4, 0.5) is 5.82 Å². The van der Waals surface area contributed by atoms with Crippen molar-refractivity contribution in [2.24, 2.45) is 0 Å². The fourth-order valence-corrected chi connectivity index (χ4v) is 2.67. The SMILES string of the molecule is CCNC(C)c1cccnc1N(C)Cc1cscn1. The average molecular weight is 276 g/mol. The Morgan fingerprint density at radius 1 is 1.42 bits per heavy atom. The Morgan fingerprint density at radius 2 is 2.26 bits per heavy atom. The molecule has 0 aliphatic heterocycles. The summed E-state index contributed by atoms with van der Waals surface area (Å²) < 4.78 is 0. The lowest BCUT2D eigenvalue weighted by molar-refractivity contribution is 0.594. The second kappa shape index (κ2) is 6.63. The molecular weight excluding hydrogens is 256 g/mol. The fraction of sp³-hybridized carbons (Fsp3) is 0.429. The number of hydrogen-bond donors (Lipinski definition) is 1. The zero-order valence-electron chi connectivity index (χ0n) is 11.6. The Kier molecular flexibility index (Phi) is 4.87. The number of rotatable bonds is 6. The normalized spacial score (nSPS) is 12.4. The molecule has 19 heavy (non-hydrogen) atoms. The summed E-state index contributed by atoms with van der Waals surface area (Å²) in [6, 6.07) is 4.42. The van der Waals surface area contributed by atoms with E-state index in [4.69, 9.17) is 0 Å². The minimum absolute atomic E-state index is 0.298. The summed E-state index contributed by atoms with van der Waals surface area (Å²) in [5.41, 5.74) is 4.17. The van der Waals surface area contributed by atoms with E-state index in [2.05, 4.69) is 52.5 Å². The molecule has 102 valence electrons. The molecule has 0 saturated carbocycles. The Morgan fingerprint density at radius 3 is 2.95 bits per heavy atom. The smallest absolute Gasteiger partial charge is 0.133 e. The molecule has 1 N–H and O–H groups in total. The minimum atomic E-state index is 0.298. The van der Waals surface area contributed by atoms with Gasteiger partial charge in [0.25, 0.3) is 0 Å². The van der Waals surface area contributed by atoms with Crippen molar-refractivity contribution in [2.75, 3.05) is 18.5 Å². The topological polar surface area (TPSA) is 41.1 Å². The molecule has 2 heterocycles. The van der Waals surface area contributed by atoms with Gasteiger partial charge in [0.2, 0.25) is 0 Å². The van der Waals surface area contributed by atoms with Crippen LogP contribution in [0.2, 0.25) is 0 Å². The van der Waals surface area contributed by atoms with Gasteiger partial charge < -0.3 is 10.2 Å². The highest BCUT2D eigenvalue weighted by Crippen LogP contribution is 2.24. The van der Waals surface area contributed by atoms with Gasteiger partial charge in [-0.3, -0.25) is 0 Å². The van der Waals surface area contributed by atoms with Crippen molar-refractivity contribution in [3.8, 4) is 0 Å². The number of nitrogens with zero attached hydrogens (tertiary/aromatic N) is 3. The van der Waals surface area contributed by atoms with Gasteiger partial charge in [0.05, 0.1) is 17.7 Å². The number of aromatic nitrogens is 2. The van der Waals surface area contributed by atoms with Gasteiger partial charge in [-0.25, -0.2) is 9.97 Å². The quantitative estimate of drug-likeness (QED) is 0.881. The molecule has 0 spiro atoms. The molecular formula is C14H20N4S. The van der Waals surface area contributed by atoms with Gasteiger partial charge >= 0.3 is 0 Å². The largest absolute Gasteiger partial charge is 0.353 e. The van der Waals surface area contributed by atoms with Crippen LogP contribution in [-0.2, 0) is 6.54 Å². The van der Waals surface area contributed by atoms with E-state index in [1.807, 2.05) is 17.8 Å². The van der Waals surface area contributed by atoms with Gasteiger partial charge in [0.15, 0.2) is 0 Å². The zero-order valence-corrected chi connectivity index (χ0v) is 12.4. The summed E-state index contributed by atoms with van der Waals surface area (Å²) >= 11 is 1.62. The molecule has 4 nitrogen and oxygen atoms in total. The number of anilines is 1. The van der Waals surface area contributed by atoms with Crippen molar-refractivity contribution in [2.45, 2.75) is 26.4 Å². The lowest BCUT2D eigenvalue weighted by Crippen LogP contribution is -2.24. The molecule has 0 aliphatic carbocycles. The summed E-state index contributed by atoms with van der Waals surface area (Å²) in [4.78, 5) is 11.0. The second-order valence-corrected chi connectivity index (χ2v) is 5.25. The Bertz CT molecular complexity index is 498. The zero-order chi connectivity index (χ0) is 13.7. The Labute approximate surface area is 118 Å². The highest BCUT2D eigenvalue weighted by Gasteiger charge is 2.14. The maximum Gasteiger partial charge on any atom is 0.133 e. The van der Waals surface area contributed by atoms with Crippen LogP contribution in [0.1, 0.15) is 31.1 Å². The predicted molar refractivity (Wildman–Crippen MR) is 80.5 cm³/mol. The van der Waals surface area contributed by atoms with Gasteiger partial charge in [-0.15, -0.1) is 11.3 Å². The molecule has 2 aromatic heterocycles. The number of hydrogen-bond acceptors (Lipinski definition) is 5. The molecule has 1 unspecified atom stereocenters. The van der Waals surface area contributed by atoms with Gasteiger partial charge in [-0.1, -0.05) is 13.0 Å². The lowest BCUT2D eigenvalue weighted by Gasteiger charge is -2.23. The summed E-state index contributed by atoms with van der Waals surface area (Å²) in [6.45, 7) is 6.02. The third kappa shape index (κ3) is 3.52. The average Bonchev–Trinajstić information content (AvgIpc) is 2.92. The van der Waals surface area contributed by atoms with Crippen molar-refractivity contribution >= 4 is 17.2 Å². The van der Waals surface area contributed by atoms with E-state index in [1.54, 1.807) is 11.3 Å². The summed E-state index contributed by atoms with van der Waals surface area (Å²) in [6.07, 6.45) is 1.84. The molecule has 0 saturated heterocycles. The monoisotopic (exact) mass is 276 g/mol. The van der Waals surface area contributed by atoms with Crippen LogP contribution in [-0.4, -0.2) is 23.6 Å². The highest BCUT2D eigenvalue weighted by molar-refractivity contribution is 7.07. The van der Waals surface area contributed by atoms with Crippen LogP contribution >= 0.6 is 11.3 Å². The van der Waals surface area contributed by atoms with Gasteiger partial charge in [0.1, 0.15) is 5.82 Å². The van der Waals surface area contributed by atoms with Crippen molar-refractivity contribution < 1.29 is 0 Å². The first-order valence-corrected chi connectivity index (χ1v) is 7.43. The maximum absolute atomic E-state index is 4.52. The van der Waals surface area contributed by atoms with E-state index in [0.717, 1.165) is 24.6 Å². The molecule has 0 aliphatic rings. The molecule has 0 bridgehead atoms. The van der Waals surface area contributed by atoms with E-state index in [-0.39, 0.29) is 0 Å². The van der Waals surface area contributed by atoms with E-state index in [1.165, 1.54) is 5.56 Å². The number of nitrogens with one attached hydrogen (secondary N) is 1. The van der Waals surface area contributed by atoms with E-state index < -0.39 is 0 Å². The van der Waals surface area contributed by atoms with E-state index in [0.29, 0.717) is 6.04 Å². The molecule has 0 radical (unpaired) electrons. The van der Waals surface area contributed by atoms with Crippen molar-refractivity contribution in [3.05, 3.63) is 40.5 Å². The van der Waals surface area contributed by atoms with Crippen LogP contribution in [0.25, 0.3) is 0 Å². The Hall–Kier alpha value is -1.46. The summed E-state index contributed by atoms with van der Waals surface area (Å²) in [5, 5.41) is 5.51. The third-order valence-corrected chi connectivity index (χ3v) is 3.67. The number of pyridine rings is 1. The fourth-order valence-electron chi connectivity index (χ4n) is 2.12. The highest BCUT2D eigenvalue weighted by atomic mass is 32.1. The maximum atomic E-state index is 4.52. The Balaban J connectivity index is 2.18. The summed E-state index contributed by atoms with van der Waals surface area (Å²) in [7, 11) is 2.06. The summed E-state index contributed by atoms with van der Waals surface area (Å²) in [5.74, 6) is 1.02. The van der Waals surface area contributed by atoms with Crippen LogP contribution < -0.4 is 10.2 Å². The van der Waals surface area contributed by atoms with E-state index in [9.17, 15) is 0 Å². The molecule has 2 rings (SSSR count). The van der Waals surface area contributed by atoms with Crippen molar-refractivity contribution in [3.63, 3.8) is 0 Å². The van der Waals surface area contributed by atoms with Crippen molar-refractivity contribution in [1.82, 2.24) is 15.3 Å². The number of thiazole rings is 1. The standard InChI is InChI=1S/C14H20N4S/c1-4-15-11(2)13-6-5-7-16-14(13)18(3)8-12-9-19-10-17-12/h5-7,9-11,15H,4,8H2,1-3H3. The third-order valence-electron chi connectivity index (χ3n) is 3.04. The predicted octanol–water partition coefficient (Wildman–Crippen LogP) is 2.85. The van der Waals surface area contributed by atoms with Crippen LogP contribution in [0.5, 0.6) is 0 Å². The first kappa shape index (κ1) is 14.0. The molecule has 0 amide bonds. The second-order valence-electron chi connectivity index (χ2n) is 4.53. The van der Waals surface area contributed by atoms with Crippen LogP contribution in [0, 0.1) is 0 Å². The minimum Gasteiger partial charge on any atom is -0.353 e. The molecule has 0 fully saturated rings. The molecule has 2 aromatic rings. The van der Waals surface area contributed by atoms with Crippen LogP contribution in [0.3, 0.4) is 0 Å². The lowest BCUT2D eigenvalue weighted by atomic mass is 10.1. The first-order chi connectivity index (χ1) is 9.22. The molecule has 1 atom stereocenters.